The predicted octanol–water partition coefficient (Wildman–Crippen LogP) is 3.44. The Morgan fingerprint density at radius 1 is 1.14 bits per heavy atom. The Morgan fingerprint density at radius 2 is 2.00 bits per heavy atom. The maximum atomic E-state index is 12.7. The highest BCUT2D eigenvalue weighted by Crippen LogP contribution is 2.28. The van der Waals surface area contributed by atoms with Gasteiger partial charge in [0, 0.05) is 30.9 Å². The van der Waals surface area contributed by atoms with Gasteiger partial charge in [0.15, 0.2) is 0 Å². The topological polar surface area (TPSA) is 33.2 Å². The van der Waals surface area contributed by atoms with Crippen LogP contribution in [0.5, 0.6) is 0 Å². The smallest absolute Gasteiger partial charge is 0.225 e. The summed E-state index contributed by atoms with van der Waals surface area (Å²) in [6, 6.07) is 6.11. The number of hydrogen-bond acceptors (Lipinski definition) is 2. The number of carbonyl (C=O) groups is 1. The molecule has 0 unspecified atom stereocenters. The van der Waals surface area contributed by atoms with Crippen LogP contribution >= 0.6 is 0 Å². The Labute approximate surface area is 127 Å². The minimum absolute atomic E-state index is 0.312. The van der Waals surface area contributed by atoms with Crippen LogP contribution < -0.4 is 0 Å². The molecule has 1 aromatic heterocycles. The predicted molar refractivity (Wildman–Crippen MR) is 83.8 cm³/mol. The van der Waals surface area contributed by atoms with E-state index >= 15 is 0 Å². The third kappa shape index (κ3) is 3.84. The summed E-state index contributed by atoms with van der Waals surface area (Å²) in [5, 5.41) is 0. The molecule has 0 radical (unpaired) electrons. The van der Waals surface area contributed by atoms with Crippen molar-refractivity contribution in [1.29, 1.82) is 0 Å². The molecule has 0 spiro atoms. The molecule has 1 aliphatic carbocycles. The Morgan fingerprint density at radius 3 is 2.76 bits per heavy atom. The van der Waals surface area contributed by atoms with Crippen molar-refractivity contribution in [2.24, 2.45) is 11.8 Å². The molecule has 0 aromatic carbocycles. The van der Waals surface area contributed by atoms with Gasteiger partial charge in [-0.05, 0) is 50.2 Å². The van der Waals surface area contributed by atoms with Crippen LogP contribution in [0.4, 0.5) is 0 Å². The van der Waals surface area contributed by atoms with E-state index in [9.17, 15) is 4.79 Å². The molecule has 3 nitrogen and oxygen atoms in total. The van der Waals surface area contributed by atoms with Gasteiger partial charge in [0.25, 0.3) is 0 Å². The zero-order valence-corrected chi connectivity index (χ0v) is 12.8. The third-order valence-electron chi connectivity index (χ3n) is 5.01. The molecule has 114 valence electrons. The summed E-state index contributed by atoms with van der Waals surface area (Å²) in [5.74, 6) is 1.33. The summed E-state index contributed by atoms with van der Waals surface area (Å²) >= 11 is 0. The lowest BCUT2D eigenvalue weighted by molar-refractivity contribution is -0.138. The van der Waals surface area contributed by atoms with Crippen molar-refractivity contribution >= 4 is 5.91 Å². The molecule has 21 heavy (non-hydrogen) atoms. The van der Waals surface area contributed by atoms with Crippen LogP contribution in [0, 0.1) is 11.8 Å². The molecular formula is C18H26N2O. The molecular weight excluding hydrogens is 260 g/mol. The SMILES string of the molecule is O=C(C1CCCCC1)N1CCC[C@@H](Cc2ccccn2)C1. The fraction of sp³-hybridized carbons (Fsp3) is 0.667. The molecule has 1 atom stereocenters. The zero-order valence-electron chi connectivity index (χ0n) is 12.8. The van der Waals surface area contributed by atoms with Crippen molar-refractivity contribution in [3.8, 4) is 0 Å². The largest absolute Gasteiger partial charge is 0.342 e. The Balaban J connectivity index is 1.56. The summed E-state index contributed by atoms with van der Waals surface area (Å²) in [5.41, 5.74) is 1.16. The lowest BCUT2D eigenvalue weighted by Crippen LogP contribution is -2.44. The van der Waals surface area contributed by atoms with Gasteiger partial charge in [-0.3, -0.25) is 9.78 Å². The average molecular weight is 286 g/mol. The molecule has 1 amide bonds. The molecule has 1 saturated carbocycles. The molecule has 1 aliphatic heterocycles. The minimum atomic E-state index is 0.312. The number of amides is 1. The fourth-order valence-corrected chi connectivity index (χ4v) is 3.85. The van der Waals surface area contributed by atoms with E-state index in [1.165, 1.54) is 25.7 Å². The quantitative estimate of drug-likeness (QED) is 0.852. The van der Waals surface area contributed by atoms with Crippen molar-refractivity contribution in [2.45, 2.75) is 51.4 Å². The molecule has 2 aliphatic rings. The van der Waals surface area contributed by atoms with Crippen LogP contribution in [0.15, 0.2) is 24.4 Å². The zero-order chi connectivity index (χ0) is 14.5. The van der Waals surface area contributed by atoms with Gasteiger partial charge in [-0.25, -0.2) is 0 Å². The van der Waals surface area contributed by atoms with E-state index in [-0.39, 0.29) is 0 Å². The second kappa shape index (κ2) is 7.06. The van der Waals surface area contributed by atoms with Crippen LogP contribution in [0.25, 0.3) is 0 Å². The van der Waals surface area contributed by atoms with Crippen LogP contribution in [-0.2, 0) is 11.2 Å². The second-order valence-corrected chi connectivity index (χ2v) is 6.65. The average Bonchev–Trinajstić information content (AvgIpc) is 2.56. The maximum Gasteiger partial charge on any atom is 0.225 e. The summed E-state index contributed by atoms with van der Waals surface area (Å²) in [7, 11) is 0. The van der Waals surface area contributed by atoms with Gasteiger partial charge in [-0.1, -0.05) is 25.3 Å². The third-order valence-corrected chi connectivity index (χ3v) is 5.01. The number of likely N-dealkylation sites (tertiary alicyclic amines) is 1. The van der Waals surface area contributed by atoms with Crippen molar-refractivity contribution in [3.63, 3.8) is 0 Å². The molecule has 2 fully saturated rings. The normalized spacial score (nSPS) is 24.0. The maximum absolute atomic E-state index is 12.7. The molecule has 3 heteroatoms. The lowest BCUT2D eigenvalue weighted by atomic mass is 9.86. The molecule has 3 rings (SSSR count). The van der Waals surface area contributed by atoms with E-state index in [2.05, 4.69) is 22.0 Å². The van der Waals surface area contributed by atoms with Crippen LogP contribution in [0.1, 0.15) is 50.6 Å². The summed E-state index contributed by atoms with van der Waals surface area (Å²) in [4.78, 5) is 19.2. The first-order valence-corrected chi connectivity index (χ1v) is 8.51. The van der Waals surface area contributed by atoms with E-state index in [1.54, 1.807) is 0 Å². The lowest BCUT2D eigenvalue weighted by Gasteiger charge is -2.36. The highest BCUT2D eigenvalue weighted by atomic mass is 16.2. The number of aromatic nitrogens is 1. The van der Waals surface area contributed by atoms with Crippen molar-refractivity contribution in [3.05, 3.63) is 30.1 Å². The van der Waals surface area contributed by atoms with E-state index in [0.29, 0.717) is 17.7 Å². The number of piperidine rings is 1. The van der Waals surface area contributed by atoms with Gasteiger partial charge < -0.3 is 4.90 Å². The Kier molecular flexibility index (Phi) is 4.89. The minimum Gasteiger partial charge on any atom is -0.342 e. The van der Waals surface area contributed by atoms with E-state index in [0.717, 1.165) is 44.5 Å². The second-order valence-electron chi connectivity index (χ2n) is 6.65. The first kappa shape index (κ1) is 14.6. The number of nitrogens with zero attached hydrogens (tertiary/aromatic N) is 2. The van der Waals surface area contributed by atoms with Crippen LogP contribution in [-0.4, -0.2) is 28.9 Å². The monoisotopic (exact) mass is 286 g/mol. The highest BCUT2D eigenvalue weighted by Gasteiger charge is 2.29. The Bertz CT molecular complexity index is 454. The summed E-state index contributed by atoms with van der Waals surface area (Å²) < 4.78 is 0. The highest BCUT2D eigenvalue weighted by molar-refractivity contribution is 5.79. The number of carbonyl (C=O) groups excluding carboxylic acids is 1. The number of pyridine rings is 1. The number of hydrogen-bond donors (Lipinski definition) is 0. The molecule has 1 aromatic rings. The standard InChI is InChI=1S/C18H26N2O/c21-18(16-8-2-1-3-9-16)20-12-6-7-15(14-20)13-17-10-4-5-11-19-17/h4-5,10-11,15-16H,1-3,6-9,12-14H2/t15-/m0/s1. The molecule has 2 heterocycles. The van der Waals surface area contributed by atoms with Gasteiger partial charge in [0.2, 0.25) is 5.91 Å². The number of rotatable bonds is 3. The van der Waals surface area contributed by atoms with Crippen LogP contribution in [0.3, 0.4) is 0 Å². The summed E-state index contributed by atoms with van der Waals surface area (Å²) in [6.45, 7) is 1.90. The first-order chi connectivity index (χ1) is 10.3. The fourth-order valence-electron chi connectivity index (χ4n) is 3.85. The van der Waals surface area contributed by atoms with Gasteiger partial charge in [0.05, 0.1) is 0 Å². The van der Waals surface area contributed by atoms with Crippen LogP contribution in [0.2, 0.25) is 0 Å². The van der Waals surface area contributed by atoms with Crippen molar-refractivity contribution < 1.29 is 4.79 Å². The van der Waals surface area contributed by atoms with Crippen molar-refractivity contribution in [1.82, 2.24) is 9.88 Å². The molecule has 0 bridgehead atoms. The van der Waals surface area contributed by atoms with E-state index in [4.69, 9.17) is 0 Å². The van der Waals surface area contributed by atoms with Gasteiger partial charge in [-0.15, -0.1) is 0 Å². The van der Waals surface area contributed by atoms with Gasteiger partial charge in [-0.2, -0.15) is 0 Å². The molecule has 0 N–H and O–H groups in total. The summed E-state index contributed by atoms with van der Waals surface area (Å²) in [6.07, 6.45) is 11.3. The molecule has 1 saturated heterocycles. The van der Waals surface area contributed by atoms with E-state index in [1.807, 2.05) is 12.3 Å². The van der Waals surface area contributed by atoms with Gasteiger partial charge >= 0.3 is 0 Å². The first-order valence-electron chi connectivity index (χ1n) is 8.51. The van der Waals surface area contributed by atoms with E-state index < -0.39 is 0 Å². The Hall–Kier alpha value is -1.38. The van der Waals surface area contributed by atoms with Crippen molar-refractivity contribution in [2.75, 3.05) is 13.1 Å². The van der Waals surface area contributed by atoms with Gasteiger partial charge in [0.1, 0.15) is 0 Å².